The van der Waals surface area contributed by atoms with Crippen LogP contribution in [0.15, 0.2) is 0 Å². The quantitative estimate of drug-likeness (QED) is 0.613. The lowest BCUT2D eigenvalue weighted by atomic mass is 9.34. The summed E-state index contributed by atoms with van der Waals surface area (Å²) < 4.78 is 0. The van der Waals surface area contributed by atoms with Crippen molar-refractivity contribution in [1.29, 1.82) is 0 Å². The van der Waals surface area contributed by atoms with Crippen LogP contribution in [0.5, 0.6) is 0 Å². The van der Waals surface area contributed by atoms with Crippen LogP contribution in [0.4, 0.5) is 0 Å². The van der Waals surface area contributed by atoms with Crippen LogP contribution in [0.25, 0.3) is 0 Å². The van der Waals surface area contributed by atoms with Gasteiger partial charge in [-0.1, -0.05) is 6.92 Å². The lowest BCUT2D eigenvalue weighted by molar-refractivity contribution is -0.210. The van der Waals surface area contributed by atoms with Gasteiger partial charge in [0, 0.05) is 0 Å². The van der Waals surface area contributed by atoms with E-state index in [9.17, 15) is 4.79 Å². The van der Waals surface area contributed by atoms with E-state index in [1.807, 2.05) is 0 Å². The molecule has 62 valence electrons. The molecule has 0 heterocycles. The second-order valence-electron chi connectivity index (χ2n) is 4.52. The molecule has 0 amide bonds. The van der Waals surface area contributed by atoms with Crippen LogP contribution in [0.2, 0.25) is 0 Å². The Morgan fingerprint density at radius 3 is 2.27 bits per heavy atom. The standard InChI is InChI=1S/C8H13NO2/c1-7-2-8(3-7,4-7)5(9)6(10)11/h5H,2-4,9H2,1H3,(H,10,11). The van der Waals surface area contributed by atoms with Crippen molar-refractivity contribution < 1.29 is 9.90 Å². The molecule has 1 unspecified atom stereocenters. The molecule has 3 fully saturated rings. The van der Waals surface area contributed by atoms with Crippen molar-refractivity contribution in [3.8, 4) is 0 Å². The highest BCUT2D eigenvalue weighted by Crippen LogP contribution is 2.74. The first-order valence-electron chi connectivity index (χ1n) is 3.96. The number of carboxylic acids is 1. The number of hydrogen-bond acceptors (Lipinski definition) is 2. The average molecular weight is 155 g/mol. The Hall–Kier alpha value is -0.570. The zero-order chi connectivity index (χ0) is 8.28. The third-order valence-electron chi connectivity index (χ3n) is 3.26. The smallest absolute Gasteiger partial charge is 0.321 e. The highest BCUT2D eigenvalue weighted by molar-refractivity contribution is 5.75. The Balaban J connectivity index is 2.04. The molecule has 3 heteroatoms. The largest absolute Gasteiger partial charge is 0.480 e. The summed E-state index contributed by atoms with van der Waals surface area (Å²) in [4.78, 5) is 10.5. The van der Waals surface area contributed by atoms with E-state index in [2.05, 4.69) is 6.92 Å². The minimum absolute atomic E-state index is 0.0133. The molecule has 0 aromatic heterocycles. The van der Waals surface area contributed by atoms with Crippen LogP contribution in [-0.4, -0.2) is 17.1 Å². The molecule has 0 spiro atoms. The molecule has 3 rings (SSSR count). The number of nitrogens with two attached hydrogens (primary N) is 1. The third kappa shape index (κ3) is 0.692. The molecule has 3 nitrogen and oxygen atoms in total. The summed E-state index contributed by atoms with van der Waals surface area (Å²) in [6.07, 6.45) is 3.06. The van der Waals surface area contributed by atoms with Crippen molar-refractivity contribution >= 4 is 5.97 Å². The van der Waals surface area contributed by atoms with Crippen molar-refractivity contribution in [3.63, 3.8) is 0 Å². The number of aliphatic carboxylic acids is 1. The maximum Gasteiger partial charge on any atom is 0.321 e. The summed E-state index contributed by atoms with van der Waals surface area (Å²) in [5.74, 6) is -0.841. The zero-order valence-electron chi connectivity index (χ0n) is 6.63. The Kier molecular flexibility index (Phi) is 1.04. The highest BCUT2D eigenvalue weighted by Gasteiger charge is 2.68. The van der Waals surface area contributed by atoms with Crippen LogP contribution in [0.3, 0.4) is 0 Å². The number of carbonyl (C=O) groups is 1. The normalized spacial score (nSPS) is 48.9. The Morgan fingerprint density at radius 2 is 2.00 bits per heavy atom. The van der Waals surface area contributed by atoms with Crippen molar-refractivity contribution in [2.45, 2.75) is 32.2 Å². The fraction of sp³-hybridized carbons (Fsp3) is 0.875. The van der Waals surface area contributed by atoms with E-state index in [0.29, 0.717) is 5.41 Å². The molecule has 2 bridgehead atoms. The SMILES string of the molecule is CC12CC(C(N)C(=O)O)(C1)C2. The van der Waals surface area contributed by atoms with Gasteiger partial charge < -0.3 is 10.8 Å². The van der Waals surface area contributed by atoms with Gasteiger partial charge in [-0.15, -0.1) is 0 Å². The summed E-state index contributed by atoms with van der Waals surface area (Å²) in [5, 5.41) is 8.67. The Bertz CT molecular complexity index is 204. The highest BCUT2D eigenvalue weighted by atomic mass is 16.4. The van der Waals surface area contributed by atoms with Gasteiger partial charge in [-0.05, 0) is 30.1 Å². The molecule has 3 aliphatic rings. The summed E-state index contributed by atoms with van der Waals surface area (Å²) in [6, 6.07) is -0.621. The molecule has 3 aliphatic carbocycles. The summed E-state index contributed by atoms with van der Waals surface area (Å²) in [5.41, 5.74) is 5.99. The van der Waals surface area contributed by atoms with E-state index >= 15 is 0 Å². The van der Waals surface area contributed by atoms with Gasteiger partial charge in [0.1, 0.15) is 6.04 Å². The number of rotatable bonds is 2. The maximum atomic E-state index is 10.5. The van der Waals surface area contributed by atoms with Crippen LogP contribution in [-0.2, 0) is 4.79 Å². The predicted molar refractivity (Wildman–Crippen MR) is 40.0 cm³/mol. The minimum Gasteiger partial charge on any atom is -0.480 e. The first-order valence-corrected chi connectivity index (χ1v) is 3.96. The van der Waals surface area contributed by atoms with Gasteiger partial charge in [-0.3, -0.25) is 4.79 Å². The monoisotopic (exact) mass is 155 g/mol. The predicted octanol–water partition coefficient (Wildman–Crippen LogP) is 0.588. The molecular weight excluding hydrogens is 142 g/mol. The van der Waals surface area contributed by atoms with E-state index < -0.39 is 12.0 Å². The molecule has 11 heavy (non-hydrogen) atoms. The molecule has 0 saturated heterocycles. The average Bonchev–Trinajstić information content (AvgIpc) is 1.77. The van der Waals surface area contributed by atoms with Crippen molar-refractivity contribution in [3.05, 3.63) is 0 Å². The van der Waals surface area contributed by atoms with E-state index in [0.717, 1.165) is 19.3 Å². The maximum absolute atomic E-state index is 10.5. The Morgan fingerprint density at radius 1 is 1.55 bits per heavy atom. The topological polar surface area (TPSA) is 63.3 Å². The van der Waals surface area contributed by atoms with E-state index in [1.54, 1.807) is 0 Å². The lowest BCUT2D eigenvalue weighted by Crippen LogP contribution is -2.69. The number of hydrogen-bond donors (Lipinski definition) is 2. The van der Waals surface area contributed by atoms with Crippen LogP contribution >= 0.6 is 0 Å². The van der Waals surface area contributed by atoms with Crippen molar-refractivity contribution in [2.75, 3.05) is 0 Å². The third-order valence-corrected chi connectivity index (χ3v) is 3.26. The van der Waals surface area contributed by atoms with Crippen LogP contribution in [0.1, 0.15) is 26.2 Å². The van der Waals surface area contributed by atoms with Gasteiger partial charge in [0.15, 0.2) is 0 Å². The fourth-order valence-corrected chi connectivity index (χ4v) is 2.99. The zero-order valence-corrected chi connectivity index (χ0v) is 6.63. The molecule has 0 radical (unpaired) electrons. The molecule has 3 N–H and O–H groups in total. The molecular formula is C8H13NO2. The summed E-state index contributed by atoms with van der Waals surface area (Å²) in [7, 11) is 0. The number of carboxylic acid groups (broad SMARTS) is 1. The van der Waals surface area contributed by atoms with Crippen molar-refractivity contribution in [2.24, 2.45) is 16.6 Å². The molecule has 3 saturated carbocycles. The summed E-state index contributed by atoms with van der Waals surface area (Å²) in [6.45, 7) is 2.20. The Labute approximate surface area is 65.6 Å². The van der Waals surface area contributed by atoms with Gasteiger partial charge in [0.2, 0.25) is 0 Å². The molecule has 0 aliphatic heterocycles. The van der Waals surface area contributed by atoms with E-state index in [1.165, 1.54) is 0 Å². The first kappa shape index (κ1) is 7.10. The van der Waals surface area contributed by atoms with E-state index in [4.69, 9.17) is 10.8 Å². The molecule has 0 aromatic carbocycles. The van der Waals surface area contributed by atoms with Crippen molar-refractivity contribution in [1.82, 2.24) is 0 Å². The van der Waals surface area contributed by atoms with Crippen LogP contribution < -0.4 is 5.73 Å². The molecule has 0 aromatic rings. The fourth-order valence-electron chi connectivity index (χ4n) is 2.99. The van der Waals surface area contributed by atoms with Gasteiger partial charge >= 0.3 is 5.97 Å². The second-order valence-corrected chi connectivity index (χ2v) is 4.52. The summed E-state index contributed by atoms with van der Waals surface area (Å²) >= 11 is 0. The van der Waals surface area contributed by atoms with Gasteiger partial charge in [-0.2, -0.15) is 0 Å². The van der Waals surface area contributed by atoms with E-state index in [-0.39, 0.29) is 5.41 Å². The van der Waals surface area contributed by atoms with Crippen LogP contribution in [0, 0.1) is 10.8 Å². The van der Waals surface area contributed by atoms with Gasteiger partial charge in [0.05, 0.1) is 0 Å². The first-order chi connectivity index (χ1) is 4.98. The van der Waals surface area contributed by atoms with Gasteiger partial charge in [0.25, 0.3) is 0 Å². The minimum atomic E-state index is -0.841. The second kappa shape index (κ2) is 1.61. The lowest BCUT2D eigenvalue weighted by Gasteiger charge is -2.71. The molecule has 1 atom stereocenters. The van der Waals surface area contributed by atoms with Gasteiger partial charge in [-0.25, -0.2) is 0 Å².